The first-order chi connectivity index (χ1) is 13.0. The van der Waals surface area contributed by atoms with Crippen LogP contribution in [0.4, 0.5) is 4.39 Å². The standard InChI is InChI=1S/C23H26FN3.CH4/c1-15(2)4-9-21-10-18(13-25-21)19-11-22(17-5-7-20(24)8-6-17)23-26-12-16(3)27(23)14-19;/h5-8,11,13-16H,4,9-10,12H2,1-3H3;1H4. The van der Waals surface area contributed by atoms with Gasteiger partial charge in [-0.25, -0.2) is 4.39 Å². The molecule has 1 unspecified atom stereocenters. The molecule has 3 aliphatic heterocycles. The Balaban J connectivity index is 0.00000225. The molecule has 0 saturated carbocycles. The highest BCUT2D eigenvalue weighted by Gasteiger charge is 2.30. The summed E-state index contributed by atoms with van der Waals surface area (Å²) in [6.07, 6.45) is 9.56. The van der Waals surface area contributed by atoms with Crippen LogP contribution < -0.4 is 0 Å². The van der Waals surface area contributed by atoms with Crippen molar-refractivity contribution in [3.05, 3.63) is 65.3 Å². The molecular formula is C24H30FN3. The quantitative estimate of drug-likeness (QED) is 0.616. The van der Waals surface area contributed by atoms with E-state index in [0.29, 0.717) is 12.0 Å². The number of aliphatic imine (C=N–C) groups is 2. The van der Waals surface area contributed by atoms with E-state index in [1.54, 1.807) is 0 Å². The van der Waals surface area contributed by atoms with Crippen LogP contribution in [-0.2, 0) is 0 Å². The molecule has 148 valence electrons. The molecule has 3 heterocycles. The number of halogens is 1. The summed E-state index contributed by atoms with van der Waals surface area (Å²) in [5, 5.41) is 0. The summed E-state index contributed by atoms with van der Waals surface area (Å²) in [4.78, 5) is 11.6. The second-order valence-corrected chi connectivity index (χ2v) is 8.03. The van der Waals surface area contributed by atoms with E-state index in [9.17, 15) is 4.39 Å². The van der Waals surface area contributed by atoms with Crippen molar-refractivity contribution in [2.75, 3.05) is 6.54 Å². The Morgan fingerprint density at radius 2 is 1.96 bits per heavy atom. The van der Waals surface area contributed by atoms with Crippen molar-refractivity contribution in [3.8, 4) is 0 Å². The predicted molar refractivity (Wildman–Crippen MR) is 117 cm³/mol. The number of hydrogen-bond acceptors (Lipinski definition) is 3. The van der Waals surface area contributed by atoms with Crippen LogP contribution in [0.5, 0.6) is 0 Å². The maximum atomic E-state index is 13.4. The van der Waals surface area contributed by atoms with Gasteiger partial charge in [0.1, 0.15) is 11.7 Å². The molecule has 0 aliphatic carbocycles. The van der Waals surface area contributed by atoms with Crippen molar-refractivity contribution >= 4 is 17.1 Å². The summed E-state index contributed by atoms with van der Waals surface area (Å²) < 4.78 is 13.4. The topological polar surface area (TPSA) is 28.0 Å². The van der Waals surface area contributed by atoms with Crippen LogP contribution in [0, 0.1) is 11.7 Å². The van der Waals surface area contributed by atoms with Crippen LogP contribution in [0.2, 0.25) is 0 Å². The molecule has 4 heteroatoms. The molecule has 0 fully saturated rings. The van der Waals surface area contributed by atoms with Crippen LogP contribution in [0.15, 0.2) is 63.9 Å². The summed E-state index contributed by atoms with van der Waals surface area (Å²) in [6.45, 7) is 7.47. The van der Waals surface area contributed by atoms with Crippen LogP contribution >= 0.6 is 0 Å². The molecule has 0 amide bonds. The summed E-state index contributed by atoms with van der Waals surface area (Å²) in [5.41, 5.74) is 5.77. The van der Waals surface area contributed by atoms with Crippen molar-refractivity contribution in [1.29, 1.82) is 0 Å². The van der Waals surface area contributed by atoms with E-state index in [0.717, 1.165) is 36.4 Å². The van der Waals surface area contributed by atoms with E-state index < -0.39 is 0 Å². The Labute approximate surface area is 168 Å². The molecule has 1 atom stereocenters. The van der Waals surface area contributed by atoms with Crippen molar-refractivity contribution in [2.45, 2.75) is 53.5 Å². The Hall–Kier alpha value is -2.49. The SMILES string of the molecule is C.CC(C)CCC1=NC=C(C2=CN3C(=NCC3C)C(c3ccc(F)cc3)=C2)C1. The van der Waals surface area contributed by atoms with E-state index in [1.807, 2.05) is 18.3 Å². The van der Waals surface area contributed by atoms with Gasteiger partial charge in [0.25, 0.3) is 0 Å². The van der Waals surface area contributed by atoms with Crippen LogP contribution in [0.1, 0.15) is 53.0 Å². The fourth-order valence-electron chi connectivity index (χ4n) is 3.70. The number of rotatable bonds is 5. The van der Waals surface area contributed by atoms with Gasteiger partial charge in [-0.05, 0) is 60.6 Å². The largest absolute Gasteiger partial charge is 0.328 e. The van der Waals surface area contributed by atoms with Crippen molar-refractivity contribution < 1.29 is 4.39 Å². The monoisotopic (exact) mass is 379 g/mol. The lowest BCUT2D eigenvalue weighted by Gasteiger charge is -2.28. The number of amidine groups is 1. The maximum Gasteiger partial charge on any atom is 0.135 e. The van der Waals surface area contributed by atoms with Gasteiger partial charge in [-0.1, -0.05) is 33.4 Å². The first-order valence-corrected chi connectivity index (χ1v) is 9.79. The Kier molecular flexibility index (Phi) is 5.97. The van der Waals surface area contributed by atoms with E-state index in [-0.39, 0.29) is 13.2 Å². The third-order valence-electron chi connectivity index (χ3n) is 5.38. The van der Waals surface area contributed by atoms with E-state index in [4.69, 9.17) is 4.99 Å². The van der Waals surface area contributed by atoms with Crippen molar-refractivity contribution in [3.63, 3.8) is 0 Å². The molecule has 3 aliphatic rings. The van der Waals surface area contributed by atoms with Gasteiger partial charge >= 0.3 is 0 Å². The number of allylic oxidation sites excluding steroid dienone is 3. The summed E-state index contributed by atoms with van der Waals surface area (Å²) in [6, 6.07) is 7.03. The number of hydrogen-bond donors (Lipinski definition) is 0. The van der Waals surface area contributed by atoms with Crippen molar-refractivity contribution in [2.24, 2.45) is 15.9 Å². The van der Waals surface area contributed by atoms with Gasteiger partial charge in [0.05, 0.1) is 12.6 Å². The lowest BCUT2D eigenvalue weighted by atomic mass is 9.93. The normalized spacial score (nSPS) is 20.8. The Bertz CT molecular complexity index is 885. The predicted octanol–water partition coefficient (Wildman–Crippen LogP) is 6.01. The Morgan fingerprint density at radius 3 is 2.68 bits per heavy atom. The number of fused-ring (bicyclic) bond motifs is 1. The van der Waals surface area contributed by atoms with E-state index in [2.05, 4.69) is 42.9 Å². The molecule has 28 heavy (non-hydrogen) atoms. The fourth-order valence-corrected chi connectivity index (χ4v) is 3.70. The van der Waals surface area contributed by atoms with E-state index in [1.165, 1.54) is 35.4 Å². The first-order valence-electron chi connectivity index (χ1n) is 9.79. The minimum atomic E-state index is -0.216. The maximum absolute atomic E-state index is 13.4. The molecular weight excluding hydrogens is 349 g/mol. The molecule has 1 aromatic rings. The smallest absolute Gasteiger partial charge is 0.135 e. The van der Waals surface area contributed by atoms with Gasteiger partial charge < -0.3 is 4.90 Å². The lowest BCUT2D eigenvalue weighted by Crippen LogP contribution is -2.32. The van der Waals surface area contributed by atoms with Crippen LogP contribution in [0.3, 0.4) is 0 Å². The first kappa shape index (κ1) is 20.2. The van der Waals surface area contributed by atoms with Gasteiger partial charge in [-0.3, -0.25) is 9.98 Å². The van der Waals surface area contributed by atoms with Gasteiger partial charge in [0.2, 0.25) is 0 Å². The summed E-state index contributed by atoms with van der Waals surface area (Å²) in [7, 11) is 0. The fraction of sp³-hybridized carbons (Fsp3) is 0.417. The second kappa shape index (κ2) is 8.26. The molecule has 0 N–H and O–H groups in total. The highest BCUT2D eigenvalue weighted by atomic mass is 19.1. The molecule has 0 bridgehead atoms. The molecule has 0 saturated heterocycles. The summed E-state index contributed by atoms with van der Waals surface area (Å²) in [5.74, 6) is 1.46. The Morgan fingerprint density at radius 1 is 1.21 bits per heavy atom. The zero-order chi connectivity index (χ0) is 19.0. The minimum absolute atomic E-state index is 0. The highest BCUT2D eigenvalue weighted by molar-refractivity contribution is 6.25. The molecule has 0 aromatic heterocycles. The highest BCUT2D eigenvalue weighted by Crippen LogP contribution is 2.34. The van der Waals surface area contributed by atoms with Crippen LogP contribution in [0.25, 0.3) is 5.57 Å². The zero-order valence-corrected chi connectivity index (χ0v) is 16.2. The average Bonchev–Trinajstić information content (AvgIpc) is 3.27. The molecule has 0 radical (unpaired) electrons. The zero-order valence-electron chi connectivity index (χ0n) is 16.2. The summed E-state index contributed by atoms with van der Waals surface area (Å²) >= 11 is 0. The van der Waals surface area contributed by atoms with Crippen molar-refractivity contribution in [1.82, 2.24) is 4.90 Å². The third-order valence-corrected chi connectivity index (χ3v) is 5.38. The third kappa shape index (κ3) is 4.01. The van der Waals surface area contributed by atoms with Crippen LogP contribution in [-0.4, -0.2) is 29.0 Å². The average molecular weight is 380 g/mol. The second-order valence-electron chi connectivity index (χ2n) is 8.03. The molecule has 0 spiro atoms. The number of nitrogens with zero attached hydrogens (tertiary/aromatic N) is 3. The van der Waals surface area contributed by atoms with Gasteiger partial charge in [-0.15, -0.1) is 0 Å². The van der Waals surface area contributed by atoms with E-state index >= 15 is 0 Å². The number of benzene rings is 1. The molecule has 3 nitrogen and oxygen atoms in total. The van der Waals surface area contributed by atoms with Gasteiger partial charge in [0, 0.05) is 30.1 Å². The lowest BCUT2D eigenvalue weighted by molar-refractivity contribution is 0.472. The molecule has 1 aromatic carbocycles. The minimum Gasteiger partial charge on any atom is -0.328 e. The molecule has 4 rings (SSSR count). The van der Waals surface area contributed by atoms with Gasteiger partial charge in [0.15, 0.2) is 0 Å². The van der Waals surface area contributed by atoms with Gasteiger partial charge in [-0.2, -0.15) is 0 Å².